The van der Waals surface area contributed by atoms with E-state index in [4.69, 9.17) is 11.6 Å². The lowest BCUT2D eigenvalue weighted by molar-refractivity contribution is 0.606. The van der Waals surface area contributed by atoms with Crippen LogP contribution in [0, 0.1) is 0 Å². The molecule has 0 bridgehead atoms. The van der Waals surface area contributed by atoms with Crippen LogP contribution in [-0.4, -0.2) is 20.1 Å². The highest BCUT2D eigenvalue weighted by Crippen LogP contribution is 2.38. The van der Waals surface area contributed by atoms with Crippen LogP contribution >= 0.6 is 11.6 Å². The number of benzene rings is 1. The number of anilines is 1. The lowest BCUT2D eigenvalue weighted by Gasteiger charge is -2.11. The standard InChI is InChI=1S/C12H17ClN2/c1-14-7-3-4-9-8-15-11-6-2-5-10(13)12(9)11/h2,5-6,9,14-15H,3-4,7-8H2,1H3. The van der Waals surface area contributed by atoms with Gasteiger partial charge in [0, 0.05) is 23.2 Å². The molecule has 2 rings (SSSR count). The summed E-state index contributed by atoms with van der Waals surface area (Å²) in [6.45, 7) is 2.11. The number of hydrogen-bond acceptors (Lipinski definition) is 2. The zero-order valence-corrected chi connectivity index (χ0v) is 9.77. The highest BCUT2D eigenvalue weighted by atomic mass is 35.5. The first kappa shape index (κ1) is 10.8. The SMILES string of the molecule is CNCCCC1CNc2cccc(Cl)c21. The van der Waals surface area contributed by atoms with Gasteiger partial charge in [-0.3, -0.25) is 0 Å². The van der Waals surface area contributed by atoms with Gasteiger partial charge in [-0.05, 0) is 44.1 Å². The van der Waals surface area contributed by atoms with Crippen molar-refractivity contribution in [1.29, 1.82) is 0 Å². The fourth-order valence-corrected chi connectivity index (χ4v) is 2.54. The molecule has 1 aromatic rings. The highest BCUT2D eigenvalue weighted by Gasteiger charge is 2.23. The van der Waals surface area contributed by atoms with Crippen molar-refractivity contribution in [3.8, 4) is 0 Å². The van der Waals surface area contributed by atoms with Gasteiger partial charge in [0.05, 0.1) is 0 Å². The van der Waals surface area contributed by atoms with Crippen LogP contribution in [0.4, 0.5) is 5.69 Å². The van der Waals surface area contributed by atoms with Crippen molar-refractivity contribution in [1.82, 2.24) is 5.32 Å². The molecule has 0 saturated carbocycles. The van der Waals surface area contributed by atoms with Crippen molar-refractivity contribution in [2.45, 2.75) is 18.8 Å². The molecule has 1 aliphatic rings. The van der Waals surface area contributed by atoms with Crippen molar-refractivity contribution < 1.29 is 0 Å². The fraction of sp³-hybridized carbons (Fsp3) is 0.500. The predicted molar refractivity (Wildman–Crippen MR) is 65.8 cm³/mol. The molecular weight excluding hydrogens is 208 g/mol. The Morgan fingerprint density at radius 2 is 2.40 bits per heavy atom. The first-order chi connectivity index (χ1) is 7.33. The summed E-state index contributed by atoms with van der Waals surface area (Å²) in [5.74, 6) is 0.585. The topological polar surface area (TPSA) is 24.1 Å². The maximum atomic E-state index is 6.22. The molecule has 1 heterocycles. The molecule has 0 fully saturated rings. The number of halogens is 1. The molecule has 1 atom stereocenters. The molecule has 1 aliphatic heterocycles. The molecular formula is C12H17ClN2. The Balaban J connectivity index is 2.07. The van der Waals surface area contributed by atoms with Crippen LogP contribution in [0.2, 0.25) is 5.02 Å². The first-order valence-corrected chi connectivity index (χ1v) is 5.87. The normalized spacial score (nSPS) is 18.7. The highest BCUT2D eigenvalue weighted by molar-refractivity contribution is 6.31. The maximum absolute atomic E-state index is 6.22. The van der Waals surface area contributed by atoms with Gasteiger partial charge in [-0.2, -0.15) is 0 Å². The van der Waals surface area contributed by atoms with Crippen molar-refractivity contribution in [2.75, 3.05) is 25.5 Å². The Hall–Kier alpha value is -0.730. The monoisotopic (exact) mass is 224 g/mol. The molecule has 0 radical (unpaired) electrons. The molecule has 2 N–H and O–H groups in total. The molecule has 1 unspecified atom stereocenters. The van der Waals surface area contributed by atoms with Gasteiger partial charge < -0.3 is 10.6 Å². The Bertz CT molecular complexity index is 338. The second-order valence-corrected chi connectivity index (χ2v) is 4.43. The van der Waals surface area contributed by atoms with Crippen LogP contribution < -0.4 is 10.6 Å². The van der Waals surface area contributed by atoms with Gasteiger partial charge in [0.1, 0.15) is 0 Å². The van der Waals surface area contributed by atoms with E-state index >= 15 is 0 Å². The quantitative estimate of drug-likeness (QED) is 0.769. The predicted octanol–water partition coefficient (Wildman–Crippen LogP) is 2.85. The van der Waals surface area contributed by atoms with E-state index in [9.17, 15) is 0 Å². The second kappa shape index (κ2) is 4.86. The van der Waals surface area contributed by atoms with E-state index in [2.05, 4.69) is 16.7 Å². The lowest BCUT2D eigenvalue weighted by Crippen LogP contribution is -2.10. The Morgan fingerprint density at radius 3 is 3.20 bits per heavy atom. The molecule has 15 heavy (non-hydrogen) atoms. The molecule has 0 saturated heterocycles. The Kier molecular flexibility index (Phi) is 3.49. The van der Waals surface area contributed by atoms with E-state index in [0.717, 1.165) is 18.1 Å². The van der Waals surface area contributed by atoms with Gasteiger partial charge in [-0.15, -0.1) is 0 Å². The summed E-state index contributed by atoms with van der Waals surface area (Å²) in [6.07, 6.45) is 2.40. The second-order valence-electron chi connectivity index (χ2n) is 4.02. The van der Waals surface area contributed by atoms with Gasteiger partial charge in [0.2, 0.25) is 0 Å². The van der Waals surface area contributed by atoms with E-state index in [1.807, 2.05) is 19.2 Å². The summed E-state index contributed by atoms with van der Waals surface area (Å²) < 4.78 is 0. The number of nitrogens with one attached hydrogen (secondary N) is 2. The van der Waals surface area contributed by atoms with E-state index in [0.29, 0.717) is 5.92 Å². The zero-order chi connectivity index (χ0) is 10.7. The molecule has 0 aliphatic carbocycles. The van der Waals surface area contributed by atoms with Crippen molar-refractivity contribution in [3.05, 3.63) is 28.8 Å². The largest absolute Gasteiger partial charge is 0.384 e. The van der Waals surface area contributed by atoms with Crippen LogP contribution in [0.3, 0.4) is 0 Å². The summed E-state index contributed by atoms with van der Waals surface area (Å²) in [5, 5.41) is 7.50. The minimum absolute atomic E-state index is 0.585. The molecule has 0 amide bonds. The average molecular weight is 225 g/mol. The third-order valence-corrected chi connectivity index (χ3v) is 3.31. The van der Waals surface area contributed by atoms with E-state index in [-0.39, 0.29) is 0 Å². The smallest absolute Gasteiger partial charge is 0.0462 e. The fourth-order valence-electron chi connectivity index (χ4n) is 2.21. The molecule has 2 nitrogen and oxygen atoms in total. The van der Waals surface area contributed by atoms with Gasteiger partial charge in [-0.1, -0.05) is 17.7 Å². The number of hydrogen-bond donors (Lipinski definition) is 2. The summed E-state index contributed by atoms with van der Waals surface area (Å²) in [6, 6.07) is 6.10. The minimum atomic E-state index is 0.585. The molecule has 0 aromatic heterocycles. The maximum Gasteiger partial charge on any atom is 0.0462 e. The van der Waals surface area contributed by atoms with E-state index in [1.54, 1.807) is 0 Å². The van der Waals surface area contributed by atoms with Gasteiger partial charge in [0.25, 0.3) is 0 Å². The van der Waals surface area contributed by atoms with Gasteiger partial charge >= 0.3 is 0 Å². The molecule has 82 valence electrons. The number of fused-ring (bicyclic) bond motifs is 1. The third-order valence-electron chi connectivity index (χ3n) is 2.98. The minimum Gasteiger partial charge on any atom is -0.384 e. The van der Waals surface area contributed by atoms with Gasteiger partial charge in [-0.25, -0.2) is 0 Å². The van der Waals surface area contributed by atoms with Crippen LogP contribution in [0.15, 0.2) is 18.2 Å². The summed E-state index contributed by atoms with van der Waals surface area (Å²) in [4.78, 5) is 0. The van der Waals surface area contributed by atoms with E-state index in [1.165, 1.54) is 24.1 Å². The Labute approximate surface area is 96.0 Å². The molecule has 3 heteroatoms. The number of rotatable bonds is 4. The molecule has 1 aromatic carbocycles. The molecule has 0 spiro atoms. The Morgan fingerprint density at radius 1 is 1.53 bits per heavy atom. The first-order valence-electron chi connectivity index (χ1n) is 5.50. The summed E-state index contributed by atoms with van der Waals surface area (Å²) in [7, 11) is 1.99. The van der Waals surface area contributed by atoms with Gasteiger partial charge in [0.15, 0.2) is 0 Å². The van der Waals surface area contributed by atoms with Crippen LogP contribution in [0.1, 0.15) is 24.3 Å². The average Bonchev–Trinajstić information content (AvgIpc) is 2.63. The van der Waals surface area contributed by atoms with Crippen LogP contribution in [-0.2, 0) is 0 Å². The van der Waals surface area contributed by atoms with E-state index < -0.39 is 0 Å². The lowest BCUT2D eigenvalue weighted by atomic mass is 9.96. The van der Waals surface area contributed by atoms with Crippen LogP contribution in [0.5, 0.6) is 0 Å². The summed E-state index contributed by atoms with van der Waals surface area (Å²) >= 11 is 6.22. The van der Waals surface area contributed by atoms with Crippen molar-refractivity contribution in [2.24, 2.45) is 0 Å². The third kappa shape index (κ3) is 2.27. The van der Waals surface area contributed by atoms with Crippen molar-refractivity contribution in [3.63, 3.8) is 0 Å². The van der Waals surface area contributed by atoms with Crippen molar-refractivity contribution >= 4 is 17.3 Å². The zero-order valence-electron chi connectivity index (χ0n) is 9.02. The summed E-state index contributed by atoms with van der Waals surface area (Å²) in [5.41, 5.74) is 2.53. The van der Waals surface area contributed by atoms with Crippen LogP contribution in [0.25, 0.3) is 0 Å².